The number of rotatable bonds is 8. The molecule has 2 aliphatic heterocycles. The first-order valence-corrected chi connectivity index (χ1v) is 17.7. The molecule has 3 heterocycles. The zero-order valence-corrected chi connectivity index (χ0v) is 31.6. The lowest BCUT2D eigenvalue weighted by Crippen LogP contribution is -2.50. The molecule has 2 aliphatic rings. The van der Waals surface area contributed by atoms with Crippen LogP contribution in [0.5, 0.6) is 11.5 Å². The largest absolute Gasteiger partial charge is 0.491 e. The number of anilines is 2. The molecule has 15 nitrogen and oxygen atoms in total. The Kier molecular flexibility index (Phi) is 13.8. The number of amides is 2. The van der Waals surface area contributed by atoms with Gasteiger partial charge in [-0.05, 0) is 65.8 Å². The van der Waals surface area contributed by atoms with E-state index in [4.69, 9.17) is 35.7 Å². The average Bonchev–Trinajstić information content (AvgIpc) is 3.07. The van der Waals surface area contributed by atoms with Gasteiger partial charge < -0.3 is 40.2 Å². The number of aromatic nitrogens is 2. The van der Waals surface area contributed by atoms with Crippen molar-refractivity contribution in [2.75, 3.05) is 90.1 Å². The van der Waals surface area contributed by atoms with Crippen LogP contribution in [0, 0.1) is 17.1 Å². The molecule has 0 radical (unpaired) electrons. The van der Waals surface area contributed by atoms with Crippen molar-refractivity contribution in [3.05, 3.63) is 47.8 Å². The van der Waals surface area contributed by atoms with Crippen molar-refractivity contribution < 1.29 is 32.9 Å². The van der Waals surface area contributed by atoms with Gasteiger partial charge in [0.1, 0.15) is 59.2 Å². The minimum atomic E-state index is -0.578. The molecule has 2 fully saturated rings. The van der Waals surface area contributed by atoms with E-state index in [1.165, 1.54) is 12.1 Å². The molecule has 0 unspecified atom stereocenters. The molecule has 2 saturated heterocycles. The number of piperazine rings is 2. The summed E-state index contributed by atoms with van der Waals surface area (Å²) in [6.45, 7) is 18.9. The monoisotopic (exact) mass is 737 g/mol. The van der Waals surface area contributed by atoms with Gasteiger partial charge in [0.25, 0.3) is 0 Å². The number of hydrogen-bond acceptors (Lipinski definition) is 13. The highest BCUT2D eigenvalue weighted by atomic mass is 19.1. The number of nitrogens with two attached hydrogens (primary N) is 2. The molecule has 1 aromatic heterocycles. The Hall–Kier alpha value is -5.14. The van der Waals surface area contributed by atoms with E-state index in [2.05, 4.69) is 19.8 Å². The fourth-order valence-electron chi connectivity index (χ4n) is 5.58. The lowest BCUT2D eigenvalue weighted by molar-refractivity contribution is 0.0127. The summed E-state index contributed by atoms with van der Waals surface area (Å²) in [7, 11) is 0. The Labute approximate surface area is 310 Å². The van der Waals surface area contributed by atoms with Crippen molar-refractivity contribution in [3.63, 3.8) is 0 Å². The van der Waals surface area contributed by atoms with E-state index in [9.17, 15) is 14.0 Å². The predicted molar refractivity (Wildman–Crippen MR) is 199 cm³/mol. The first-order chi connectivity index (χ1) is 25.0. The molecule has 0 bridgehead atoms. The van der Waals surface area contributed by atoms with Crippen molar-refractivity contribution in [2.45, 2.75) is 52.7 Å². The molecule has 0 atom stereocenters. The highest BCUT2D eigenvalue weighted by Crippen LogP contribution is 2.29. The van der Waals surface area contributed by atoms with Crippen LogP contribution in [0.15, 0.2) is 36.4 Å². The SMILES string of the molecule is CC(C)(C)OC(=O)N1CCN(CCOc2cccc(F)c2C#N)CC1.CC(C)(C)OC(=O)N1CCN(CCOc2cccc3nc(N)nc(N)c23)CC1. The van der Waals surface area contributed by atoms with Crippen LogP contribution in [0.2, 0.25) is 0 Å². The fourth-order valence-corrected chi connectivity index (χ4v) is 5.58. The maximum Gasteiger partial charge on any atom is 0.410 e. The standard InChI is InChI=1S/C19H28N6O3.C18H24FN3O3/c1-19(2,3)28-18(26)25-9-7-24(8-10-25)11-12-27-14-6-4-5-13-15(14)16(20)23-17(21)22-13;1-18(2,3)25-17(23)22-9-7-21(8-10-22)11-12-24-16-6-4-5-15(19)14(16)13-20/h4-6H,7-12H2,1-3H3,(H4,20,21,22,23);4-6H,7-12H2,1-3H3. The van der Waals surface area contributed by atoms with Crippen LogP contribution in [0.25, 0.3) is 10.9 Å². The van der Waals surface area contributed by atoms with Gasteiger partial charge in [-0.2, -0.15) is 10.2 Å². The van der Waals surface area contributed by atoms with Gasteiger partial charge in [-0.15, -0.1) is 0 Å². The molecule has 0 spiro atoms. The molecule has 5 rings (SSSR count). The summed E-state index contributed by atoms with van der Waals surface area (Å²) in [4.78, 5) is 40.2. The van der Waals surface area contributed by atoms with Crippen LogP contribution >= 0.6 is 0 Å². The number of carbonyl (C=O) groups excluding carboxylic acids is 2. The molecule has 53 heavy (non-hydrogen) atoms. The van der Waals surface area contributed by atoms with Crippen molar-refractivity contribution in [2.24, 2.45) is 0 Å². The van der Waals surface area contributed by atoms with Crippen LogP contribution in [0.3, 0.4) is 0 Å². The molecule has 16 heteroatoms. The number of ether oxygens (including phenoxy) is 4. The van der Waals surface area contributed by atoms with Gasteiger partial charge in [0, 0.05) is 65.4 Å². The Morgan fingerprint density at radius 2 is 1.23 bits per heavy atom. The van der Waals surface area contributed by atoms with Gasteiger partial charge in [-0.3, -0.25) is 9.80 Å². The summed E-state index contributed by atoms with van der Waals surface area (Å²) in [5.41, 5.74) is 11.3. The van der Waals surface area contributed by atoms with E-state index < -0.39 is 17.0 Å². The predicted octanol–water partition coefficient (Wildman–Crippen LogP) is 4.35. The average molecular weight is 738 g/mol. The first-order valence-electron chi connectivity index (χ1n) is 17.7. The first kappa shape index (κ1) is 40.6. The maximum absolute atomic E-state index is 13.5. The molecule has 2 aromatic carbocycles. The van der Waals surface area contributed by atoms with Gasteiger partial charge >= 0.3 is 12.2 Å². The number of benzene rings is 2. The fraction of sp³-hybridized carbons (Fsp3) is 0.541. The van der Waals surface area contributed by atoms with Gasteiger partial charge in [-0.25, -0.2) is 19.0 Å². The normalized spacial score (nSPS) is 15.6. The highest BCUT2D eigenvalue weighted by molar-refractivity contribution is 5.94. The van der Waals surface area contributed by atoms with E-state index in [1.807, 2.05) is 65.8 Å². The molecular formula is C37H52FN9O6. The highest BCUT2D eigenvalue weighted by Gasteiger charge is 2.27. The maximum atomic E-state index is 13.5. The van der Waals surface area contributed by atoms with Crippen LogP contribution in [-0.4, -0.2) is 132 Å². The summed E-state index contributed by atoms with van der Waals surface area (Å²) < 4.78 is 35.8. The lowest BCUT2D eigenvalue weighted by atomic mass is 10.2. The van der Waals surface area contributed by atoms with E-state index in [-0.39, 0.29) is 29.4 Å². The number of halogens is 1. The zero-order chi connectivity index (χ0) is 38.8. The number of hydrogen-bond donors (Lipinski definition) is 2. The van der Waals surface area contributed by atoms with Crippen molar-refractivity contribution >= 4 is 34.9 Å². The quantitative estimate of drug-likeness (QED) is 0.333. The van der Waals surface area contributed by atoms with E-state index in [1.54, 1.807) is 15.9 Å². The molecule has 288 valence electrons. The third kappa shape index (κ3) is 12.5. The zero-order valence-electron chi connectivity index (χ0n) is 31.6. The Morgan fingerprint density at radius 3 is 1.72 bits per heavy atom. The molecule has 0 saturated carbocycles. The molecule has 3 aromatic rings. The van der Waals surface area contributed by atoms with Gasteiger partial charge in [0.15, 0.2) is 0 Å². The van der Waals surface area contributed by atoms with Crippen molar-refractivity contribution in [1.82, 2.24) is 29.6 Å². The topological polar surface area (TPSA) is 186 Å². The van der Waals surface area contributed by atoms with Gasteiger partial charge in [-0.1, -0.05) is 12.1 Å². The molecule has 0 aliphatic carbocycles. The van der Waals surface area contributed by atoms with Crippen LogP contribution in [0.1, 0.15) is 47.1 Å². The summed E-state index contributed by atoms with van der Waals surface area (Å²) in [6.07, 6.45) is -0.546. The summed E-state index contributed by atoms with van der Waals surface area (Å²) >= 11 is 0. The Balaban J connectivity index is 0.000000238. The molecule has 4 N–H and O–H groups in total. The van der Waals surface area contributed by atoms with Crippen LogP contribution in [0.4, 0.5) is 25.7 Å². The van der Waals surface area contributed by atoms with Crippen molar-refractivity contribution in [3.8, 4) is 17.6 Å². The number of carbonyl (C=O) groups is 2. The summed E-state index contributed by atoms with van der Waals surface area (Å²) in [5, 5.41) is 9.65. The minimum Gasteiger partial charge on any atom is -0.491 e. The second-order valence-electron chi connectivity index (χ2n) is 14.7. The number of nitrogen functional groups attached to an aromatic ring is 2. The van der Waals surface area contributed by atoms with Crippen LogP contribution in [-0.2, 0) is 9.47 Å². The van der Waals surface area contributed by atoms with Crippen molar-refractivity contribution in [1.29, 1.82) is 5.26 Å². The van der Waals surface area contributed by atoms with Gasteiger partial charge in [0.05, 0.1) is 10.9 Å². The van der Waals surface area contributed by atoms with Crippen LogP contribution < -0.4 is 20.9 Å². The molecule has 2 amide bonds. The lowest BCUT2D eigenvalue weighted by Gasteiger charge is -2.35. The third-order valence-corrected chi connectivity index (χ3v) is 8.20. The second kappa shape index (κ2) is 18.1. The third-order valence-electron chi connectivity index (χ3n) is 8.20. The van der Waals surface area contributed by atoms with Gasteiger partial charge in [0.2, 0.25) is 5.95 Å². The Bertz CT molecular complexity index is 1740. The summed E-state index contributed by atoms with van der Waals surface area (Å²) in [6, 6.07) is 11.7. The smallest absolute Gasteiger partial charge is 0.410 e. The minimum absolute atomic E-state index is 0.0720. The second-order valence-corrected chi connectivity index (χ2v) is 14.7. The number of fused-ring (bicyclic) bond motifs is 1. The van der Waals surface area contributed by atoms with E-state index >= 15 is 0 Å². The van der Waals surface area contributed by atoms with E-state index in [0.29, 0.717) is 68.4 Å². The Morgan fingerprint density at radius 1 is 0.755 bits per heavy atom. The van der Waals surface area contributed by atoms with E-state index in [0.717, 1.165) is 32.7 Å². The number of nitrogens with zero attached hydrogens (tertiary/aromatic N) is 7. The summed E-state index contributed by atoms with van der Waals surface area (Å²) in [5.74, 6) is 0.775. The number of nitriles is 1. The molecular weight excluding hydrogens is 685 g/mol.